The van der Waals surface area contributed by atoms with E-state index in [-0.39, 0.29) is 6.42 Å². The van der Waals surface area contributed by atoms with E-state index in [9.17, 15) is 4.79 Å². The number of carboxylic acids is 1. The van der Waals surface area contributed by atoms with E-state index < -0.39 is 5.97 Å². The lowest BCUT2D eigenvalue weighted by atomic mass is 10.0. The molecule has 0 aliphatic heterocycles. The second-order valence-corrected chi connectivity index (χ2v) is 4.69. The lowest BCUT2D eigenvalue weighted by Gasteiger charge is -2.07. The highest BCUT2D eigenvalue weighted by molar-refractivity contribution is 5.66. The Kier molecular flexibility index (Phi) is 4.10. The number of nitrogens with zero attached hydrogens (tertiary/aromatic N) is 1. The van der Waals surface area contributed by atoms with Crippen LogP contribution in [0.2, 0.25) is 0 Å². The summed E-state index contributed by atoms with van der Waals surface area (Å²) in [6, 6.07) is 0. The lowest BCUT2D eigenvalue weighted by molar-refractivity contribution is -0.137. The summed E-state index contributed by atoms with van der Waals surface area (Å²) in [5.41, 5.74) is 2.20. The van der Waals surface area contributed by atoms with Gasteiger partial charge in [0.15, 0.2) is 0 Å². The molecule has 0 atom stereocenters. The van der Waals surface area contributed by atoms with Gasteiger partial charge in [0, 0.05) is 12.1 Å². The van der Waals surface area contributed by atoms with Crippen molar-refractivity contribution in [3.63, 3.8) is 0 Å². The van der Waals surface area contributed by atoms with Gasteiger partial charge in [0.1, 0.15) is 5.82 Å². The Morgan fingerprint density at radius 2 is 1.94 bits per heavy atom. The molecule has 0 aliphatic carbocycles. The highest BCUT2D eigenvalue weighted by Gasteiger charge is 2.16. The predicted octanol–water partition coefficient (Wildman–Crippen LogP) is 2.67. The third kappa shape index (κ3) is 3.08. The van der Waals surface area contributed by atoms with E-state index in [1.807, 2.05) is 0 Å². The smallest absolute Gasteiger partial charge is 0.303 e. The minimum absolute atomic E-state index is 0.128. The first-order chi connectivity index (χ1) is 7.41. The topological polar surface area (TPSA) is 66.0 Å². The molecule has 1 aromatic rings. The van der Waals surface area contributed by atoms with Gasteiger partial charge in [-0.15, -0.1) is 0 Å². The first kappa shape index (κ1) is 12.7. The summed E-state index contributed by atoms with van der Waals surface area (Å²) in [6.07, 6.45) is 0.602. The fourth-order valence-electron chi connectivity index (χ4n) is 1.68. The van der Waals surface area contributed by atoms with Crippen LogP contribution in [-0.4, -0.2) is 21.0 Å². The fourth-order valence-corrected chi connectivity index (χ4v) is 1.68. The van der Waals surface area contributed by atoms with Crippen LogP contribution >= 0.6 is 0 Å². The van der Waals surface area contributed by atoms with E-state index in [0.29, 0.717) is 18.3 Å². The molecule has 16 heavy (non-hydrogen) atoms. The zero-order valence-electron chi connectivity index (χ0n) is 10.4. The van der Waals surface area contributed by atoms with Gasteiger partial charge in [-0.3, -0.25) is 4.79 Å². The molecule has 0 unspecified atom stereocenters. The minimum atomic E-state index is -0.784. The Labute approximate surface area is 96.1 Å². The largest absolute Gasteiger partial charge is 0.481 e. The van der Waals surface area contributed by atoms with Crippen molar-refractivity contribution in [2.75, 3.05) is 0 Å². The number of imidazole rings is 1. The van der Waals surface area contributed by atoms with Crippen LogP contribution in [0.15, 0.2) is 0 Å². The Morgan fingerprint density at radius 3 is 2.31 bits per heavy atom. The zero-order chi connectivity index (χ0) is 12.3. The summed E-state index contributed by atoms with van der Waals surface area (Å²) in [5.74, 6) is 0.763. The van der Waals surface area contributed by atoms with Gasteiger partial charge in [-0.2, -0.15) is 0 Å². The molecule has 0 radical (unpaired) electrons. The number of carbonyl (C=O) groups is 1. The molecule has 0 fully saturated rings. The molecular weight excluding hydrogens is 204 g/mol. The van der Waals surface area contributed by atoms with Gasteiger partial charge in [-0.1, -0.05) is 27.7 Å². The van der Waals surface area contributed by atoms with Gasteiger partial charge in [0.2, 0.25) is 0 Å². The van der Waals surface area contributed by atoms with Crippen LogP contribution in [0, 0.1) is 0 Å². The standard InChI is InChI=1S/C12H20N2O2/c1-7(2)11-12(8(3)4)14-9(13-11)5-6-10(15)16/h7-8H,5-6H2,1-4H3,(H,13,14)(H,15,16). The average Bonchev–Trinajstić information content (AvgIpc) is 2.58. The SMILES string of the molecule is CC(C)c1nc(CCC(=O)O)[nH]c1C(C)C. The van der Waals surface area contributed by atoms with Crippen molar-refractivity contribution in [3.05, 3.63) is 17.2 Å². The monoisotopic (exact) mass is 224 g/mol. The molecular formula is C12H20N2O2. The van der Waals surface area contributed by atoms with Gasteiger partial charge < -0.3 is 10.1 Å². The number of aryl methyl sites for hydroxylation is 1. The van der Waals surface area contributed by atoms with Crippen molar-refractivity contribution in [1.82, 2.24) is 9.97 Å². The number of aromatic amines is 1. The molecule has 0 saturated carbocycles. The molecule has 1 rings (SSSR count). The van der Waals surface area contributed by atoms with Crippen LogP contribution < -0.4 is 0 Å². The second kappa shape index (κ2) is 5.14. The molecule has 0 amide bonds. The Morgan fingerprint density at radius 1 is 1.31 bits per heavy atom. The van der Waals surface area contributed by atoms with Crippen LogP contribution in [0.1, 0.15) is 63.2 Å². The number of nitrogens with one attached hydrogen (secondary N) is 1. The summed E-state index contributed by atoms with van der Waals surface area (Å²) in [7, 11) is 0. The van der Waals surface area contributed by atoms with E-state index in [2.05, 4.69) is 37.7 Å². The maximum Gasteiger partial charge on any atom is 0.303 e. The van der Waals surface area contributed by atoms with Crippen LogP contribution in [0.4, 0.5) is 0 Å². The molecule has 0 spiro atoms. The van der Waals surface area contributed by atoms with E-state index in [1.54, 1.807) is 0 Å². The number of H-pyrrole nitrogens is 1. The van der Waals surface area contributed by atoms with Crippen molar-refractivity contribution >= 4 is 5.97 Å². The highest BCUT2D eigenvalue weighted by Crippen LogP contribution is 2.24. The highest BCUT2D eigenvalue weighted by atomic mass is 16.4. The maximum atomic E-state index is 10.5. The average molecular weight is 224 g/mol. The quantitative estimate of drug-likeness (QED) is 0.808. The molecule has 1 heterocycles. The third-order valence-electron chi connectivity index (χ3n) is 2.51. The van der Waals surface area contributed by atoms with Crippen molar-refractivity contribution in [1.29, 1.82) is 0 Å². The molecule has 0 aliphatic rings. The van der Waals surface area contributed by atoms with Gasteiger partial charge in [-0.25, -0.2) is 4.98 Å². The van der Waals surface area contributed by atoms with Gasteiger partial charge in [0.05, 0.1) is 12.1 Å². The summed E-state index contributed by atoms with van der Waals surface area (Å²) in [5, 5.41) is 8.63. The van der Waals surface area contributed by atoms with Gasteiger partial charge >= 0.3 is 5.97 Å². The number of hydrogen-bond donors (Lipinski definition) is 2. The van der Waals surface area contributed by atoms with Crippen LogP contribution in [-0.2, 0) is 11.2 Å². The summed E-state index contributed by atoms with van der Waals surface area (Å²) in [6.45, 7) is 8.42. The zero-order valence-corrected chi connectivity index (χ0v) is 10.4. The molecule has 2 N–H and O–H groups in total. The molecule has 4 heteroatoms. The van der Waals surface area contributed by atoms with Gasteiger partial charge in [-0.05, 0) is 11.8 Å². The minimum Gasteiger partial charge on any atom is -0.481 e. The molecule has 0 saturated heterocycles. The first-order valence-electron chi connectivity index (χ1n) is 5.72. The number of carboxylic acid groups (broad SMARTS) is 1. The number of hydrogen-bond acceptors (Lipinski definition) is 2. The molecule has 0 aromatic carbocycles. The molecule has 0 bridgehead atoms. The van der Waals surface area contributed by atoms with Crippen molar-refractivity contribution in [2.24, 2.45) is 0 Å². The fraction of sp³-hybridized carbons (Fsp3) is 0.667. The number of rotatable bonds is 5. The Balaban J connectivity index is 2.88. The van der Waals surface area contributed by atoms with Crippen molar-refractivity contribution in [3.8, 4) is 0 Å². The first-order valence-corrected chi connectivity index (χ1v) is 5.72. The Bertz CT molecular complexity index is 342. The second-order valence-electron chi connectivity index (χ2n) is 4.69. The summed E-state index contributed by atoms with van der Waals surface area (Å²) in [4.78, 5) is 18.2. The molecule has 1 aromatic heterocycles. The Hall–Kier alpha value is -1.32. The van der Waals surface area contributed by atoms with Crippen LogP contribution in [0.5, 0.6) is 0 Å². The van der Waals surface area contributed by atoms with Crippen LogP contribution in [0.3, 0.4) is 0 Å². The van der Waals surface area contributed by atoms with Crippen molar-refractivity contribution < 1.29 is 9.90 Å². The van der Waals surface area contributed by atoms with Crippen molar-refractivity contribution in [2.45, 2.75) is 52.4 Å². The van der Waals surface area contributed by atoms with Gasteiger partial charge in [0.25, 0.3) is 0 Å². The molecule has 90 valence electrons. The predicted molar refractivity (Wildman–Crippen MR) is 62.7 cm³/mol. The number of aromatic nitrogens is 2. The van der Waals surface area contributed by atoms with E-state index in [1.165, 1.54) is 0 Å². The summed E-state index contributed by atoms with van der Waals surface area (Å²) < 4.78 is 0. The van der Waals surface area contributed by atoms with E-state index in [4.69, 9.17) is 5.11 Å². The van der Waals surface area contributed by atoms with Crippen LogP contribution in [0.25, 0.3) is 0 Å². The third-order valence-corrected chi connectivity index (χ3v) is 2.51. The normalized spacial score (nSPS) is 11.4. The van der Waals surface area contributed by atoms with E-state index >= 15 is 0 Å². The molecule has 4 nitrogen and oxygen atoms in total. The number of aliphatic carboxylic acids is 1. The lowest BCUT2D eigenvalue weighted by Crippen LogP contribution is -1.99. The van der Waals surface area contributed by atoms with E-state index in [0.717, 1.165) is 17.2 Å². The summed E-state index contributed by atoms with van der Waals surface area (Å²) >= 11 is 0. The maximum absolute atomic E-state index is 10.5.